The van der Waals surface area contributed by atoms with Crippen LogP contribution in [0.2, 0.25) is 0 Å². The number of carbonyl (C=O) groups is 1. The van der Waals surface area contributed by atoms with Crippen molar-refractivity contribution in [2.75, 3.05) is 26.1 Å². The lowest BCUT2D eigenvalue weighted by atomic mass is 10.1. The molecule has 4 nitrogen and oxygen atoms in total. The van der Waals surface area contributed by atoms with Crippen molar-refractivity contribution < 1.29 is 9.53 Å². The molecule has 0 radical (unpaired) electrons. The number of rotatable bonds is 4. The Hall–Kier alpha value is -1.10. The monoisotopic (exact) mass is 226 g/mol. The molecule has 15 heavy (non-hydrogen) atoms. The Labute approximate surface area is 92.9 Å². The van der Waals surface area contributed by atoms with E-state index in [1.165, 1.54) is 0 Å². The van der Waals surface area contributed by atoms with Gasteiger partial charge in [-0.1, -0.05) is 11.3 Å². The van der Waals surface area contributed by atoms with Crippen molar-refractivity contribution in [2.24, 2.45) is 0 Å². The zero-order chi connectivity index (χ0) is 11.1. The van der Waals surface area contributed by atoms with Crippen LogP contribution in [0.4, 0.5) is 5.13 Å². The van der Waals surface area contributed by atoms with Gasteiger partial charge in [0.15, 0.2) is 5.13 Å². The molecule has 0 N–H and O–H groups in total. The van der Waals surface area contributed by atoms with Gasteiger partial charge >= 0.3 is 0 Å². The van der Waals surface area contributed by atoms with Crippen LogP contribution in [0.25, 0.3) is 0 Å². The van der Waals surface area contributed by atoms with Crippen LogP contribution in [-0.4, -0.2) is 32.5 Å². The molecule has 5 heteroatoms. The highest BCUT2D eigenvalue weighted by Crippen LogP contribution is 2.52. The van der Waals surface area contributed by atoms with Crippen LogP contribution < -0.4 is 9.64 Å². The highest BCUT2D eigenvalue weighted by atomic mass is 32.1. The molecule has 0 unspecified atom stereocenters. The Morgan fingerprint density at radius 2 is 2.20 bits per heavy atom. The smallest absolute Gasteiger partial charge is 0.230 e. The Bertz CT molecular complexity index is 383. The second-order valence-electron chi connectivity index (χ2n) is 4.00. The Kier molecular flexibility index (Phi) is 2.42. The number of nitrogens with zero attached hydrogens (tertiary/aromatic N) is 2. The lowest BCUT2D eigenvalue weighted by Crippen LogP contribution is -2.07. The van der Waals surface area contributed by atoms with Gasteiger partial charge in [0.1, 0.15) is 6.29 Å². The molecule has 1 aliphatic rings. The maximum absolute atomic E-state index is 11.0. The molecule has 82 valence electrons. The molecule has 0 aliphatic heterocycles. The minimum Gasteiger partial charge on any atom is -0.480 e. The lowest BCUT2D eigenvalue weighted by molar-refractivity contribution is -0.109. The van der Waals surface area contributed by atoms with Crippen molar-refractivity contribution in [2.45, 2.75) is 18.3 Å². The van der Waals surface area contributed by atoms with E-state index >= 15 is 0 Å². The highest BCUT2D eigenvalue weighted by molar-refractivity contribution is 7.16. The second kappa shape index (κ2) is 3.48. The molecule has 2 rings (SSSR count). The zero-order valence-corrected chi connectivity index (χ0v) is 9.93. The summed E-state index contributed by atoms with van der Waals surface area (Å²) in [6.07, 6.45) is 2.87. The van der Waals surface area contributed by atoms with Gasteiger partial charge in [-0.2, -0.15) is 4.98 Å². The van der Waals surface area contributed by atoms with Gasteiger partial charge in [0, 0.05) is 14.1 Å². The third-order valence-electron chi connectivity index (χ3n) is 2.63. The number of hydrogen-bond acceptors (Lipinski definition) is 5. The van der Waals surface area contributed by atoms with Crippen molar-refractivity contribution >= 4 is 22.8 Å². The van der Waals surface area contributed by atoms with Crippen molar-refractivity contribution in [3.8, 4) is 5.88 Å². The van der Waals surface area contributed by atoms with E-state index in [9.17, 15) is 4.79 Å². The molecule has 0 spiro atoms. The topological polar surface area (TPSA) is 42.4 Å². The first-order chi connectivity index (χ1) is 7.13. The molecule has 0 atom stereocenters. The number of carbonyl (C=O) groups excluding carboxylic acids is 1. The molecular weight excluding hydrogens is 212 g/mol. The molecular formula is C10H14N2O2S. The first-order valence-corrected chi connectivity index (χ1v) is 5.63. The molecule has 0 aromatic carbocycles. The van der Waals surface area contributed by atoms with E-state index in [4.69, 9.17) is 4.74 Å². The predicted molar refractivity (Wildman–Crippen MR) is 60.0 cm³/mol. The maximum atomic E-state index is 11.0. The number of aromatic nitrogens is 1. The van der Waals surface area contributed by atoms with Crippen molar-refractivity contribution in [3.05, 3.63) is 4.88 Å². The lowest BCUT2D eigenvalue weighted by Gasteiger charge is -2.05. The fraction of sp³-hybridized carbons (Fsp3) is 0.600. The largest absolute Gasteiger partial charge is 0.480 e. The molecule has 1 saturated carbocycles. The van der Waals surface area contributed by atoms with Gasteiger partial charge in [0.25, 0.3) is 0 Å². The SMILES string of the molecule is COc1nc(N(C)C)sc1C1(C=O)CC1. The van der Waals surface area contributed by atoms with E-state index in [2.05, 4.69) is 4.98 Å². The molecule has 1 aromatic rings. The number of methoxy groups -OCH3 is 1. The molecule has 0 bridgehead atoms. The van der Waals surface area contributed by atoms with Gasteiger partial charge < -0.3 is 14.4 Å². The summed E-state index contributed by atoms with van der Waals surface area (Å²) < 4.78 is 5.22. The van der Waals surface area contributed by atoms with Gasteiger partial charge in [-0.05, 0) is 12.8 Å². The molecule has 0 saturated heterocycles. The van der Waals surface area contributed by atoms with Crippen molar-refractivity contribution in [3.63, 3.8) is 0 Å². The summed E-state index contributed by atoms with van der Waals surface area (Å²) in [5.74, 6) is 0.605. The van der Waals surface area contributed by atoms with Crippen LogP contribution >= 0.6 is 11.3 Å². The summed E-state index contributed by atoms with van der Waals surface area (Å²) in [6, 6.07) is 0. The highest BCUT2D eigenvalue weighted by Gasteiger charge is 2.48. The van der Waals surface area contributed by atoms with E-state index in [0.717, 1.165) is 29.1 Å². The molecule has 1 heterocycles. The second-order valence-corrected chi connectivity index (χ2v) is 4.98. The first kappa shape index (κ1) is 10.4. The van der Waals surface area contributed by atoms with E-state index in [1.807, 2.05) is 19.0 Å². The summed E-state index contributed by atoms with van der Waals surface area (Å²) in [6.45, 7) is 0. The zero-order valence-electron chi connectivity index (χ0n) is 9.11. The maximum Gasteiger partial charge on any atom is 0.230 e. The summed E-state index contributed by atoms with van der Waals surface area (Å²) in [5, 5.41) is 0.884. The number of hydrogen-bond donors (Lipinski definition) is 0. The third-order valence-corrected chi connectivity index (χ3v) is 4.05. The Morgan fingerprint density at radius 3 is 2.60 bits per heavy atom. The van der Waals surface area contributed by atoms with Crippen LogP contribution in [0.3, 0.4) is 0 Å². The van der Waals surface area contributed by atoms with Crippen LogP contribution in [0.15, 0.2) is 0 Å². The number of thiazole rings is 1. The summed E-state index contributed by atoms with van der Waals surface area (Å²) >= 11 is 1.54. The van der Waals surface area contributed by atoms with Crippen LogP contribution in [-0.2, 0) is 10.2 Å². The molecule has 0 amide bonds. The van der Waals surface area contributed by atoms with Gasteiger partial charge in [-0.3, -0.25) is 0 Å². The van der Waals surface area contributed by atoms with Crippen LogP contribution in [0.5, 0.6) is 5.88 Å². The van der Waals surface area contributed by atoms with Crippen LogP contribution in [0, 0.1) is 0 Å². The standard InChI is InChI=1S/C10H14N2O2S/c1-12(2)9-11-8(14-3)7(15-9)10(6-13)4-5-10/h6H,4-5H2,1-3H3. The Balaban J connectivity index is 2.41. The van der Waals surface area contributed by atoms with E-state index < -0.39 is 0 Å². The third kappa shape index (κ3) is 1.61. The fourth-order valence-corrected chi connectivity index (χ4v) is 2.64. The molecule has 1 fully saturated rings. The summed E-state index contributed by atoms with van der Waals surface area (Å²) in [5.41, 5.74) is -0.294. The van der Waals surface area contributed by atoms with Crippen molar-refractivity contribution in [1.82, 2.24) is 4.98 Å². The quantitative estimate of drug-likeness (QED) is 0.729. The number of anilines is 1. The van der Waals surface area contributed by atoms with Gasteiger partial charge in [0.05, 0.1) is 17.4 Å². The first-order valence-electron chi connectivity index (χ1n) is 4.82. The van der Waals surface area contributed by atoms with Crippen molar-refractivity contribution in [1.29, 1.82) is 0 Å². The van der Waals surface area contributed by atoms with Gasteiger partial charge in [-0.15, -0.1) is 0 Å². The fourth-order valence-electron chi connectivity index (χ4n) is 1.47. The summed E-state index contributed by atoms with van der Waals surface area (Å²) in [4.78, 5) is 18.3. The molecule has 1 aliphatic carbocycles. The van der Waals surface area contributed by atoms with E-state index in [-0.39, 0.29) is 5.41 Å². The number of aldehydes is 1. The minimum atomic E-state index is -0.294. The van der Waals surface area contributed by atoms with E-state index in [0.29, 0.717) is 5.88 Å². The average molecular weight is 226 g/mol. The predicted octanol–water partition coefficient (Wildman–Crippen LogP) is 1.45. The van der Waals surface area contributed by atoms with Gasteiger partial charge in [0.2, 0.25) is 5.88 Å². The Morgan fingerprint density at radius 1 is 1.53 bits per heavy atom. The van der Waals surface area contributed by atoms with Crippen LogP contribution in [0.1, 0.15) is 17.7 Å². The summed E-state index contributed by atoms with van der Waals surface area (Å²) in [7, 11) is 5.46. The minimum absolute atomic E-state index is 0.294. The number of ether oxygens (including phenoxy) is 1. The molecule has 1 aromatic heterocycles. The normalized spacial score (nSPS) is 17.3. The average Bonchev–Trinajstić information content (AvgIpc) is 2.90. The van der Waals surface area contributed by atoms with E-state index in [1.54, 1.807) is 18.4 Å². The van der Waals surface area contributed by atoms with Gasteiger partial charge in [-0.25, -0.2) is 0 Å².